The molecule has 0 bridgehead atoms. The highest BCUT2D eigenvalue weighted by Gasteiger charge is 2.26. The van der Waals surface area contributed by atoms with Crippen LogP contribution in [0, 0.1) is 11.3 Å². The van der Waals surface area contributed by atoms with E-state index in [0.29, 0.717) is 5.41 Å². The predicted octanol–water partition coefficient (Wildman–Crippen LogP) is 14.0. The van der Waals surface area contributed by atoms with Gasteiger partial charge in [0.2, 0.25) is 0 Å². The molecule has 0 spiro atoms. The van der Waals surface area contributed by atoms with Crippen LogP contribution in [-0.4, -0.2) is 0 Å². The molecule has 0 rings (SSSR count). The molecule has 1 unspecified atom stereocenters. The topological polar surface area (TPSA) is 0 Å². The van der Waals surface area contributed by atoms with Gasteiger partial charge < -0.3 is 0 Å². The smallest absolute Gasteiger partial charge is 0.0323 e. The first-order valence-electron chi connectivity index (χ1n) is 17.6. The van der Waals surface area contributed by atoms with E-state index in [4.69, 9.17) is 0 Å². The highest BCUT2D eigenvalue weighted by Crippen LogP contribution is 2.40. The average Bonchev–Trinajstić information content (AvgIpc) is 2.88. The fourth-order valence-corrected chi connectivity index (χ4v) is 6.41. The zero-order valence-electron chi connectivity index (χ0n) is 26.6. The summed E-state index contributed by atoms with van der Waals surface area (Å²) in [6, 6.07) is 0. The summed E-state index contributed by atoms with van der Waals surface area (Å²) in [5.74, 6) is 0.971. The Balaban J connectivity index is 4.37. The Kier molecular flexibility index (Phi) is 28.0. The summed E-state index contributed by atoms with van der Waals surface area (Å²) >= 11 is 0. The second-order valence-electron chi connectivity index (χ2n) is 13.0. The van der Waals surface area contributed by atoms with E-state index in [-0.39, 0.29) is 0 Å². The summed E-state index contributed by atoms with van der Waals surface area (Å²) in [5.41, 5.74) is 0.602. The molecule has 0 aromatic rings. The van der Waals surface area contributed by atoms with E-state index in [2.05, 4.69) is 34.6 Å². The number of hydrogen-bond acceptors (Lipinski definition) is 0. The first kappa shape index (κ1) is 36.0. The molecule has 0 aliphatic carbocycles. The van der Waals surface area contributed by atoms with Crippen molar-refractivity contribution in [1.29, 1.82) is 0 Å². The fraction of sp³-hybridized carbons (Fsp3) is 1.00. The lowest BCUT2D eigenvalue weighted by Gasteiger charge is -2.34. The van der Waals surface area contributed by atoms with Gasteiger partial charge in [-0.25, -0.2) is 0 Å². The molecule has 0 amide bonds. The maximum atomic E-state index is 2.69. The molecule has 0 saturated carbocycles. The normalized spacial score (nSPS) is 12.9. The van der Waals surface area contributed by atoms with Gasteiger partial charge in [0.25, 0.3) is 0 Å². The molecule has 0 aromatic heterocycles. The van der Waals surface area contributed by atoms with Gasteiger partial charge in [0.15, 0.2) is 0 Å². The Bertz CT molecular complexity index is 377. The van der Waals surface area contributed by atoms with Crippen LogP contribution in [0.1, 0.15) is 221 Å². The molecule has 0 N–H and O–H groups in total. The van der Waals surface area contributed by atoms with Crippen molar-refractivity contribution in [3.8, 4) is 0 Å². The van der Waals surface area contributed by atoms with E-state index < -0.39 is 0 Å². The second-order valence-corrected chi connectivity index (χ2v) is 13.0. The monoisotopic (exact) mass is 507 g/mol. The molecule has 0 heterocycles. The zero-order valence-corrected chi connectivity index (χ0v) is 26.6. The lowest BCUT2D eigenvalue weighted by Crippen LogP contribution is -2.21. The molecule has 218 valence electrons. The van der Waals surface area contributed by atoms with Gasteiger partial charge in [0, 0.05) is 0 Å². The SMILES string of the molecule is CCCCCCCCCCC(CC)CC(C)(CCCCCCCCCC)CCCCCCCCCC. The third-order valence-corrected chi connectivity index (χ3v) is 9.09. The van der Waals surface area contributed by atoms with Crippen molar-refractivity contribution in [2.75, 3.05) is 0 Å². The fourth-order valence-electron chi connectivity index (χ4n) is 6.41. The van der Waals surface area contributed by atoms with Crippen molar-refractivity contribution in [3.63, 3.8) is 0 Å². The highest BCUT2D eigenvalue weighted by atomic mass is 14.3. The predicted molar refractivity (Wildman–Crippen MR) is 168 cm³/mol. The quantitative estimate of drug-likeness (QED) is 0.0849. The second kappa shape index (κ2) is 28.0. The maximum Gasteiger partial charge on any atom is -0.0323 e. The van der Waals surface area contributed by atoms with Gasteiger partial charge in [0.1, 0.15) is 0 Å². The first-order chi connectivity index (χ1) is 17.6. The van der Waals surface area contributed by atoms with Crippen molar-refractivity contribution >= 4 is 0 Å². The summed E-state index contributed by atoms with van der Waals surface area (Å²) in [6.07, 6.45) is 42.4. The molecule has 0 aliphatic rings. The van der Waals surface area contributed by atoms with E-state index in [9.17, 15) is 0 Å². The molecular formula is C36H74. The molecule has 0 saturated heterocycles. The van der Waals surface area contributed by atoms with Gasteiger partial charge in [-0.15, -0.1) is 0 Å². The van der Waals surface area contributed by atoms with Gasteiger partial charge >= 0.3 is 0 Å². The molecule has 0 aromatic carbocycles. The first-order valence-corrected chi connectivity index (χ1v) is 17.6. The van der Waals surface area contributed by atoms with Crippen LogP contribution in [0.4, 0.5) is 0 Å². The van der Waals surface area contributed by atoms with E-state index in [0.717, 1.165) is 5.92 Å². The molecule has 36 heavy (non-hydrogen) atoms. The number of unbranched alkanes of at least 4 members (excludes halogenated alkanes) is 21. The van der Waals surface area contributed by atoms with Crippen molar-refractivity contribution in [1.82, 2.24) is 0 Å². The molecule has 0 radical (unpaired) electrons. The van der Waals surface area contributed by atoms with Crippen LogP contribution in [0.3, 0.4) is 0 Å². The summed E-state index contributed by atoms with van der Waals surface area (Å²) in [4.78, 5) is 0. The minimum absolute atomic E-state index is 0.602. The highest BCUT2D eigenvalue weighted by molar-refractivity contribution is 4.78. The minimum atomic E-state index is 0.602. The third-order valence-electron chi connectivity index (χ3n) is 9.09. The molecule has 0 fully saturated rings. The Labute approximate surface area is 232 Å². The minimum Gasteiger partial charge on any atom is -0.0654 e. The summed E-state index contributed by atoms with van der Waals surface area (Å²) in [5, 5.41) is 0. The van der Waals surface area contributed by atoms with Crippen molar-refractivity contribution in [3.05, 3.63) is 0 Å². The van der Waals surface area contributed by atoms with Crippen LogP contribution in [0.25, 0.3) is 0 Å². The third kappa shape index (κ3) is 24.3. The van der Waals surface area contributed by atoms with Gasteiger partial charge in [-0.3, -0.25) is 0 Å². The molecule has 0 aliphatic heterocycles. The standard InChI is InChI=1S/C36H74/c1-6-10-13-16-19-22-25-28-31-35(9-4)34-36(5,32-29-26-23-20-17-14-11-7-2)33-30-27-24-21-18-15-12-8-3/h35H,6-34H2,1-5H3. The van der Waals surface area contributed by atoms with Crippen LogP contribution in [0.5, 0.6) is 0 Å². The van der Waals surface area contributed by atoms with Crippen molar-refractivity contribution < 1.29 is 0 Å². The maximum absolute atomic E-state index is 2.69. The number of hydrogen-bond donors (Lipinski definition) is 0. The van der Waals surface area contributed by atoms with E-state index in [1.807, 2.05) is 0 Å². The number of rotatable bonds is 30. The lowest BCUT2D eigenvalue weighted by atomic mass is 9.72. The van der Waals surface area contributed by atoms with Crippen molar-refractivity contribution in [2.45, 2.75) is 221 Å². The van der Waals surface area contributed by atoms with Gasteiger partial charge in [-0.1, -0.05) is 202 Å². The van der Waals surface area contributed by atoms with Gasteiger partial charge in [-0.2, -0.15) is 0 Å². The summed E-state index contributed by atoms with van der Waals surface area (Å²) < 4.78 is 0. The van der Waals surface area contributed by atoms with E-state index in [1.54, 1.807) is 0 Å². The van der Waals surface area contributed by atoms with Gasteiger partial charge in [-0.05, 0) is 30.6 Å². The molecule has 0 heteroatoms. The Hall–Kier alpha value is 0. The van der Waals surface area contributed by atoms with Crippen LogP contribution in [0.15, 0.2) is 0 Å². The largest absolute Gasteiger partial charge is 0.0654 e. The zero-order chi connectivity index (χ0) is 26.6. The molecule has 1 atom stereocenters. The average molecular weight is 507 g/mol. The van der Waals surface area contributed by atoms with E-state index >= 15 is 0 Å². The van der Waals surface area contributed by atoms with Crippen LogP contribution in [-0.2, 0) is 0 Å². The van der Waals surface area contributed by atoms with Crippen LogP contribution >= 0.6 is 0 Å². The Morgan fingerprint density at radius 2 is 0.694 bits per heavy atom. The molecular weight excluding hydrogens is 432 g/mol. The molecule has 0 nitrogen and oxygen atoms in total. The van der Waals surface area contributed by atoms with Crippen LogP contribution in [0.2, 0.25) is 0 Å². The van der Waals surface area contributed by atoms with Gasteiger partial charge in [0.05, 0.1) is 0 Å². The summed E-state index contributed by atoms with van der Waals surface area (Å²) in [6.45, 7) is 12.1. The summed E-state index contributed by atoms with van der Waals surface area (Å²) in [7, 11) is 0. The van der Waals surface area contributed by atoms with E-state index in [1.165, 1.54) is 186 Å². The Morgan fingerprint density at radius 1 is 0.389 bits per heavy atom. The van der Waals surface area contributed by atoms with Crippen LogP contribution < -0.4 is 0 Å². The Morgan fingerprint density at radius 3 is 1.03 bits per heavy atom. The van der Waals surface area contributed by atoms with Crippen molar-refractivity contribution in [2.24, 2.45) is 11.3 Å². The lowest BCUT2D eigenvalue weighted by molar-refractivity contribution is 0.180.